The molecule has 0 spiro atoms. The topological polar surface area (TPSA) is 44.2 Å². The summed E-state index contributed by atoms with van der Waals surface area (Å²) in [6, 6.07) is 36.2. The smallest absolute Gasteiger partial charge is 0.219 e. The lowest BCUT2D eigenvalue weighted by Gasteiger charge is -2.14. The molecule has 4 aromatic carbocycles. The Labute approximate surface area is 197 Å². The van der Waals surface area contributed by atoms with Crippen molar-refractivity contribution in [3.05, 3.63) is 122 Å². The Kier molecular flexibility index (Phi) is 5.09. The van der Waals surface area contributed by atoms with E-state index in [0.717, 1.165) is 44.2 Å². The maximum atomic E-state index is 6.21. The van der Waals surface area contributed by atoms with Gasteiger partial charge in [0.1, 0.15) is 11.5 Å². The van der Waals surface area contributed by atoms with Gasteiger partial charge in [-0.2, -0.15) is 0 Å². The van der Waals surface area contributed by atoms with Gasteiger partial charge in [0.25, 0.3) is 0 Å². The number of hydrogen-bond acceptors (Lipinski definition) is 4. The van der Waals surface area contributed by atoms with Gasteiger partial charge in [-0.3, -0.25) is 0 Å². The summed E-state index contributed by atoms with van der Waals surface area (Å²) in [5, 5.41) is 4.24. The molecule has 162 valence electrons. The summed E-state index contributed by atoms with van der Waals surface area (Å²) < 4.78 is 12.4. The molecule has 4 nitrogen and oxygen atoms in total. The Morgan fingerprint density at radius 2 is 0.882 bits per heavy atom. The summed E-state index contributed by atoms with van der Waals surface area (Å²) in [6.45, 7) is 0. The number of nitrogens with zero attached hydrogens (tertiary/aromatic N) is 2. The highest BCUT2D eigenvalue weighted by Gasteiger charge is 2.12. The molecule has 34 heavy (non-hydrogen) atoms. The molecule has 6 rings (SSSR count). The summed E-state index contributed by atoms with van der Waals surface area (Å²) in [6.07, 6.45) is 3.46. The predicted octanol–water partition coefficient (Wildman–Crippen LogP) is 8.03. The normalized spacial score (nSPS) is 10.9. The maximum absolute atomic E-state index is 6.21. The van der Waals surface area contributed by atoms with Crippen molar-refractivity contribution in [2.24, 2.45) is 0 Å². The van der Waals surface area contributed by atoms with Crippen molar-refractivity contribution in [1.82, 2.24) is 9.97 Å². The van der Waals surface area contributed by atoms with Gasteiger partial charge in [-0.15, -0.1) is 0 Å². The molecule has 0 unspecified atom stereocenters. The minimum Gasteiger partial charge on any atom is -0.438 e. The van der Waals surface area contributed by atoms with Crippen LogP contribution >= 0.6 is 0 Å². The Balaban J connectivity index is 1.51. The summed E-state index contributed by atoms with van der Waals surface area (Å²) in [7, 11) is 0. The average Bonchev–Trinajstić information content (AvgIpc) is 2.90. The van der Waals surface area contributed by atoms with Crippen molar-refractivity contribution < 1.29 is 9.47 Å². The molecule has 0 fully saturated rings. The van der Waals surface area contributed by atoms with Crippen molar-refractivity contribution in [2.45, 2.75) is 0 Å². The molecule has 0 bridgehead atoms. The standard InChI is InChI=1S/C30H20N2O2/c1-3-11-25-21(9-1)17-23(19-27(25)33-29-13-5-7-15-31-29)24-18-22-10-2-4-12-26(22)28(20-24)34-30-14-6-8-16-32-30/h1-20H. The number of pyridine rings is 2. The zero-order valence-electron chi connectivity index (χ0n) is 18.3. The third kappa shape index (κ3) is 3.93. The van der Waals surface area contributed by atoms with Crippen LogP contribution in [0.3, 0.4) is 0 Å². The summed E-state index contributed by atoms with van der Waals surface area (Å²) in [4.78, 5) is 8.67. The van der Waals surface area contributed by atoms with Crippen molar-refractivity contribution >= 4 is 21.5 Å². The SMILES string of the molecule is c1ccc(Oc2cc(-c3cc(Oc4ccccn4)c4ccccc4c3)cc3ccccc23)nc1. The molecule has 0 aliphatic heterocycles. The molecule has 0 aliphatic rings. The van der Waals surface area contributed by atoms with Crippen LogP contribution < -0.4 is 9.47 Å². The monoisotopic (exact) mass is 440 g/mol. The molecule has 2 heterocycles. The van der Waals surface area contributed by atoms with Crippen molar-refractivity contribution in [3.8, 4) is 34.4 Å². The van der Waals surface area contributed by atoms with Gasteiger partial charge in [0.15, 0.2) is 0 Å². The molecule has 0 aliphatic carbocycles. The van der Waals surface area contributed by atoms with E-state index in [4.69, 9.17) is 9.47 Å². The summed E-state index contributed by atoms with van der Waals surface area (Å²) in [5.41, 5.74) is 2.06. The minimum absolute atomic E-state index is 0.558. The lowest BCUT2D eigenvalue weighted by Crippen LogP contribution is -1.92. The van der Waals surface area contributed by atoms with Crippen LogP contribution in [-0.2, 0) is 0 Å². The van der Waals surface area contributed by atoms with Crippen LogP contribution in [0.2, 0.25) is 0 Å². The predicted molar refractivity (Wildman–Crippen MR) is 136 cm³/mol. The van der Waals surface area contributed by atoms with Crippen molar-refractivity contribution in [3.63, 3.8) is 0 Å². The lowest BCUT2D eigenvalue weighted by molar-refractivity contribution is 0.467. The second-order valence-corrected chi connectivity index (χ2v) is 7.93. The van der Waals surface area contributed by atoms with Gasteiger partial charge in [0.2, 0.25) is 11.8 Å². The third-order valence-corrected chi connectivity index (χ3v) is 5.69. The van der Waals surface area contributed by atoms with Crippen LogP contribution in [-0.4, -0.2) is 9.97 Å². The molecular formula is C30H20N2O2. The van der Waals surface area contributed by atoms with Crippen LogP contribution in [0.25, 0.3) is 32.7 Å². The second-order valence-electron chi connectivity index (χ2n) is 7.93. The Morgan fingerprint density at radius 1 is 0.441 bits per heavy atom. The third-order valence-electron chi connectivity index (χ3n) is 5.69. The number of fused-ring (bicyclic) bond motifs is 2. The van der Waals surface area contributed by atoms with E-state index in [1.54, 1.807) is 12.4 Å². The van der Waals surface area contributed by atoms with Gasteiger partial charge in [0.05, 0.1) is 0 Å². The van der Waals surface area contributed by atoms with E-state index in [1.165, 1.54) is 0 Å². The maximum Gasteiger partial charge on any atom is 0.219 e. The van der Waals surface area contributed by atoms with Crippen LogP contribution in [0.5, 0.6) is 23.3 Å². The van der Waals surface area contributed by atoms with E-state index in [1.807, 2.05) is 60.7 Å². The van der Waals surface area contributed by atoms with E-state index in [9.17, 15) is 0 Å². The van der Waals surface area contributed by atoms with Gasteiger partial charge in [-0.05, 0) is 58.3 Å². The van der Waals surface area contributed by atoms with E-state index < -0.39 is 0 Å². The molecule has 0 atom stereocenters. The number of hydrogen-bond donors (Lipinski definition) is 0. The first-order chi connectivity index (χ1) is 16.8. The number of aromatic nitrogens is 2. The summed E-state index contributed by atoms with van der Waals surface area (Å²) >= 11 is 0. The highest BCUT2D eigenvalue weighted by molar-refractivity contribution is 5.97. The van der Waals surface area contributed by atoms with E-state index in [2.05, 4.69) is 58.5 Å². The first kappa shape index (κ1) is 19.9. The molecule has 0 N–H and O–H groups in total. The van der Waals surface area contributed by atoms with Gasteiger partial charge in [0, 0.05) is 35.3 Å². The lowest BCUT2D eigenvalue weighted by atomic mass is 9.97. The highest BCUT2D eigenvalue weighted by atomic mass is 16.5. The van der Waals surface area contributed by atoms with Gasteiger partial charge < -0.3 is 9.47 Å². The Bertz CT molecular complexity index is 1480. The number of ether oxygens (including phenoxy) is 2. The van der Waals surface area contributed by atoms with Gasteiger partial charge >= 0.3 is 0 Å². The largest absolute Gasteiger partial charge is 0.438 e. The van der Waals surface area contributed by atoms with Gasteiger partial charge in [-0.25, -0.2) is 9.97 Å². The molecule has 0 radical (unpaired) electrons. The first-order valence-electron chi connectivity index (χ1n) is 11.1. The van der Waals surface area contributed by atoms with Gasteiger partial charge in [-0.1, -0.05) is 60.7 Å². The van der Waals surface area contributed by atoms with E-state index >= 15 is 0 Å². The minimum atomic E-state index is 0.558. The van der Waals surface area contributed by atoms with Crippen LogP contribution in [0, 0.1) is 0 Å². The Morgan fingerprint density at radius 3 is 1.32 bits per heavy atom. The first-order valence-corrected chi connectivity index (χ1v) is 11.1. The quantitative estimate of drug-likeness (QED) is 0.272. The van der Waals surface area contributed by atoms with Crippen molar-refractivity contribution in [2.75, 3.05) is 0 Å². The molecule has 6 aromatic rings. The number of rotatable bonds is 5. The summed E-state index contributed by atoms with van der Waals surface area (Å²) in [5.74, 6) is 2.63. The zero-order valence-corrected chi connectivity index (χ0v) is 18.3. The molecule has 0 amide bonds. The fourth-order valence-corrected chi connectivity index (χ4v) is 4.09. The van der Waals surface area contributed by atoms with Crippen LogP contribution in [0.4, 0.5) is 0 Å². The molecule has 0 saturated heterocycles. The fourth-order valence-electron chi connectivity index (χ4n) is 4.09. The molecule has 0 saturated carbocycles. The fraction of sp³-hybridized carbons (Fsp3) is 0. The van der Waals surface area contributed by atoms with Crippen molar-refractivity contribution in [1.29, 1.82) is 0 Å². The zero-order chi connectivity index (χ0) is 22.7. The Hall–Kier alpha value is -4.70. The highest BCUT2D eigenvalue weighted by Crippen LogP contribution is 2.39. The molecule has 4 heteroatoms. The molecule has 2 aromatic heterocycles. The average molecular weight is 441 g/mol. The van der Waals surface area contributed by atoms with Crippen LogP contribution in [0.15, 0.2) is 122 Å². The van der Waals surface area contributed by atoms with Crippen LogP contribution in [0.1, 0.15) is 0 Å². The number of benzene rings is 4. The van der Waals surface area contributed by atoms with E-state index in [0.29, 0.717) is 11.8 Å². The second kappa shape index (κ2) is 8.68. The van der Waals surface area contributed by atoms with E-state index in [-0.39, 0.29) is 0 Å². The molecular weight excluding hydrogens is 420 g/mol.